The SMILES string of the molecule is CCc1nc2c(c(N3CCCC(C)C3)n1)CCC1(CCc3ccc(Br)cc31)C2. The van der Waals surface area contributed by atoms with E-state index in [0.717, 1.165) is 44.1 Å². The molecule has 0 bridgehead atoms. The van der Waals surface area contributed by atoms with Crippen molar-refractivity contribution in [1.82, 2.24) is 9.97 Å². The summed E-state index contributed by atoms with van der Waals surface area (Å²) in [6.07, 6.45) is 9.45. The lowest BCUT2D eigenvalue weighted by atomic mass is 9.69. The fourth-order valence-corrected chi connectivity index (χ4v) is 6.12. The lowest BCUT2D eigenvalue weighted by molar-refractivity contribution is 0.361. The Bertz CT molecular complexity index is 909. The number of rotatable bonds is 2. The quantitative estimate of drug-likeness (QED) is 0.625. The van der Waals surface area contributed by atoms with Gasteiger partial charge in [0.05, 0.1) is 5.69 Å². The van der Waals surface area contributed by atoms with E-state index in [2.05, 4.69) is 52.9 Å². The monoisotopic (exact) mass is 439 g/mol. The van der Waals surface area contributed by atoms with E-state index in [0.29, 0.717) is 0 Å². The van der Waals surface area contributed by atoms with Crippen molar-refractivity contribution < 1.29 is 0 Å². The molecule has 0 amide bonds. The maximum absolute atomic E-state index is 5.07. The first kappa shape index (κ1) is 18.6. The lowest BCUT2D eigenvalue weighted by Crippen LogP contribution is -2.38. The number of halogens is 1. The van der Waals surface area contributed by atoms with Crippen molar-refractivity contribution >= 4 is 21.7 Å². The fraction of sp³-hybridized carbons (Fsp3) is 0.583. The fourth-order valence-electron chi connectivity index (χ4n) is 5.76. The number of benzene rings is 1. The van der Waals surface area contributed by atoms with Crippen molar-refractivity contribution in [2.45, 2.75) is 70.6 Å². The molecule has 2 aliphatic carbocycles. The van der Waals surface area contributed by atoms with Gasteiger partial charge in [-0.05, 0) is 74.1 Å². The largest absolute Gasteiger partial charge is 0.356 e. The molecule has 1 fully saturated rings. The molecule has 1 aliphatic heterocycles. The van der Waals surface area contributed by atoms with Gasteiger partial charge in [0.15, 0.2) is 0 Å². The third kappa shape index (κ3) is 3.08. The highest BCUT2D eigenvalue weighted by Gasteiger charge is 2.43. The van der Waals surface area contributed by atoms with Gasteiger partial charge in [0.1, 0.15) is 11.6 Å². The average molecular weight is 440 g/mol. The summed E-state index contributed by atoms with van der Waals surface area (Å²) < 4.78 is 1.21. The number of piperidine rings is 1. The normalized spacial score (nSPS) is 26.4. The van der Waals surface area contributed by atoms with Crippen molar-refractivity contribution in [2.75, 3.05) is 18.0 Å². The van der Waals surface area contributed by atoms with Crippen LogP contribution >= 0.6 is 15.9 Å². The van der Waals surface area contributed by atoms with E-state index < -0.39 is 0 Å². The number of aryl methyl sites for hydroxylation is 2. The Kier molecular flexibility index (Phi) is 4.73. The predicted molar refractivity (Wildman–Crippen MR) is 118 cm³/mol. The molecule has 2 aromatic rings. The Hall–Kier alpha value is -1.42. The van der Waals surface area contributed by atoms with Crippen LogP contribution in [0, 0.1) is 5.92 Å². The molecule has 3 aliphatic rings. The standard InChI is InChI=1S/C24H30BrN3/c1-3-22-26-21-14-24(10-8-17-6-7-18(25)13-20(17)24)11-9-19(21)23(27-22)28-12-4-5-16(2)15-28/h6-7,13,16H,3-5,8-12,14-15H2,1-2H3. The highest BCUT2D eigenvalue weighted by Crippen LogP contribution is 2.49. The molecule has 1 aromatic carbocycles. The van der Waals surface area contributed by atoms with E-state index in [-0.39, 0.29) is 5.41 Å². The van der Waals surface area contributed by atoms with Crippen molar-refractivity contribution in [3.05, 3.63) is 50.9 Å². The zero-order chi connectivity index (χ0) is 19.3. The molecular weight excluding hydrogens is 410 g/mol. The zero-order valence-corrected chi connectivity index (χ0v) is 18.7. The Morgan fingerprint density at radius 2 is 2.07 bits per heavy atom. The van der Waals surface area contributed by atoms with Gasteiger partial charge in [0.2, 0.25) is 0 Å². The highest BCUT2D eigenvalue weighted by atomic mass is 79.9. The molecule has 2 atom stereocenters. The molecule has 148 valence electrons. The molecule has 28 heavy (non-hydrogen) atoms. The van der Waals surface area contributed by atoms with Crippen molar-refractivity contribution in [3.63, 3.8) is 0 Å². The van der Waals surface area contributed by atoms with Crippen molar-refractivity contribution in [3.8, 4) is 0 Å². The van der Waals surface area contributed by atoms with Crippen LogP contribution in [0.25, 0.3) is 0 Å². The summed E-state index contributed by atoms with van der Waals surface area (Å²) in [5.74, 6) is 3.05. The van der Waals surface area contributed by atoms with Gasteiger partial charge in [-0.15, -0.1) is 0 Å². The number of hydrogen-bond acceptors (Lipinski definition) is 3. The van der Waals surface area contributed by atoms with Crippen LogP contribution in [-0.2, 0) is 31.1 Å². The van der Waals surface area contributed by atoms with E-state index in [4.69, 9.17) is 9.97 Å². The minimum absolute atomic E-state index is 0.276. The van der Waals surface area contributed by atoms with Gasteiger partial charge in [0, 0.05) is 35.0 Å². The van der Waals surface area contributed by atoms with Crippen LogP contribution in [0.4, 0.5) is 5.82 Å². The average Bonchev–Trinajstić information content (AvgIpc) is 3.04. The molecule has 4 heteroatoms. The minimum Gasteiger partial charge on any atom is -0.356 e. The van der Waals surface area contributed by atoms with Crippen LogP contribution in [0.5, 0.6) is 0 Å². The predicted octanol–water partition coefficient (Wildman–Crippen LogP) is 5.41. The first-order valence-electron chi connectivity index (χ1n) is 11.0. The van der Waals surface area contributed by atoms with Crippen LogP contribution in [-0.4, -0.2) is 23.1 Å². The summed E-state index contributed by atoms with van der Waals surface area (Å²) in [5.41, 5.74) is 6.16. The van der Waals surface area contributed by atoms with E-state index >= 15 is 0 Å². The molecule has 1 spiro atoms. The number of aromatic nitrogens is 2. The topological polar surface area (TPSA) is 29.0 Å². The molecule has 3 nitrogen and oxygen atoms in total. The second kappa shape index (κ2) is 7.12. The van der Waals surface area contributed by atoms with Gasteiger partial charge in [-0.3, -0.25) is 0 Å². The lowest BCUT2D eigenvalue weighted by Gasteiger charge is -2.39. The van der Waals surface area contributed by atoms with Gasteiger partial charge in [0.25, 0.3) is 0 Å². The molecule has 2 heterocycles. The first-order valence-corrected chi connectivity index (χ1v) is 11.8. The third-order valence-electron chi connectivity index (χ3n) is 7.27. The van der Waals surface area contributed by atoms with Crippen LogP contribution in [0.1, 0.15) is 67.7 Å². The number of fused-ring (bicyclic) bond motifs is 3. The Balaban J connectivity index is 1.55. The smallest absolute Gasteiger partial charge is 0.135 e. The maximum atomic E-state index is 5.07. The van der Waals surface area contributed by atoms with Gasteiger partial charge in [-0.1, -0.05) is 35.8 Å². The Morgan fingerprint density at radius 1 is 1.21 bits per heavy atom. The van der Waals surface area contributed by atoms with Gasteiger partial charge in [-0.25, -0.2) is 9.97 Å². The number of anilines is 1. The number of nitrogens with zero attached hydrogens (tertiary/aromatic N) is 3. The number of hydrogen-bond donors (Lipinski definition) is 0. The molecular formula is C24H30BrN3. The molecule has 1 aromatic heterocycles. The zero-order valence-electron chi connectivity index (χ0n) is 17.1. The molecule has 0 radical (unpaired) electrons. The van der Waals surface area contributed by atoms with Gasteiger partial charge >= 0.3 is 0 Å². The molecule has 0 saturated carbocycles. The second-order valence-corrected chi connectivity index (χ2v) is 10.1. The van der Waals surface area contributed by atoms with Crippen LogP contribution in [0.3, 0.4) is 0 Å². The molecule has 1 saturated heterocycles. The summed E-state index contributed by atoms with van der Waals surface area (Å²) >= 11 is 3.71. The Morgan fingerprint density at radius 3 is 2.89 bits per heavy atom. The summed E-state index contributed by atoms with van der Waals surface area (Å²) in [6.45, 7) is 6.86. The first-order chi connectivity index (χ1) is 13.6. The molecule has 5 rings (SSSR count). The van der Waals surface area contributed by atoms with E-state index in [1.54, 1.807) is 11.1 Å². The molecule has 2 unspecified atom stereocenters. The van der Waals surface area contributed by atoms with Crippen LogP contribution < -0.4 is 4.90 Å². The summed E-state index contributed by atoms with van der Waals surface area (Å²) in [6, 6.07) is 6.89. The van der Waals surface area contributed by atoms with Crippen molar-refractivity contribution in [2.24, 2.45) is 5.92 Å². The highest BCUT2D eigenvalue weighted by molar-refractivity contribution is 9.10. The minimum atomic E-state index is 0.276. The van der Waals surface area contributed by atoms with Gasteiger partial charge in [-0.2, -0.15) is 0 Å². The summed E-state index contributed by atoms with van der Waals surface area (Å²) in [5, 5.41) is 0. The van der Waals surface area contributed by atoms with Crippen LogP contribution in [0.2, 0.25) is 0 Å². The van der Waals surface area contributed by atoms with Crippen LogP contribution in [0.15, 0.2) is 22.7 Å². The summed E-state index contributed by atoms with van der Waals surface area (Å²) in [7, 11) is 0. The second-order valence-electron chi connectivity index (χ2n) is 9.19. The summed E-state index contributed by atoms with van der Waals surface area (Å²) in [4.78, 5) is 12.7. The van der Waals surface area contributed by atoms with E-state index in [9.17, 15) is 0 Å². The van der Waals surface area contributed by atoms with Crippen molar-refractivity contribution in [1.29, 1.82) is 0 Å². The van der Waals surface area contributed by atoms with E-state index in [1.165, 1.54) is 53.7 Å². The Labute approximate surface area is 177 Å². The maximum Gasteiger partial charge on any atom is 0.135 e. The van der Waals surface area contributed by atoms with E-state index in [1.807, 2.05) is 0 Å². The molecule has 0 N–H and O–H groups in total. The van der Waals surface area contributed by atoms with Gasteiger partial charge < -0.3 is 4.90 Å². The third-order valence-corrected chi connectivity index (χ3v) is 7.76.